The van der Waals surface area contributed by atoms with Gasteiger partial charge in [0.1, 0.15) is 17.6 Å². The number of nitrogens with one attached hydrogen (secondary N) is 1. The summed E-state index contributed by atoms with van der Waals surface area (Å²) in [5.41, 5.74) is 4.61. The van der Waals surface area contributed by atoms with Crippen LogP contribution in [0, 0.1) is 0 Å². The van der Waals surface area contributed by atoms with Crippen molar-refractivity contribution in [1.29, 1.82) is 0 Å². The largest absolute Gasteiger partial charge is 0.494 e. The Labute approximate surface area is 177 Å². The van der Waals surface area contributed by atoms with Crippen LogP contribution in [0.1, 0.15) is 54.2 Å². The van der Waals surface area contributed by atoms with Gasteiger partial charge in [0.2, 0.25) is 5.91 Å². The lowest BCUT2D eigenvalue weighted by atomic mass is 10.1. The van der Waals surface area contributed by atoms with Crippen molar-refractivity contribution in [2.45, 2.75) is 52.7 Å². The molecule has 30 heavy (non-hydrogen) atoms. The average Bonchev–Trinajstić information content (AvgIpc) is 3.33. The Bertz CT molecular complexity index is 985. The molecule has 2 aliphatic heterocycles. The van der Waals surface area contributed by atoms with Crippen LogP contribution in [-0.2, 0) is 24.2 Å². The molecule has 1 atom stereocenters. The van der Waals surface area contributed by atoms with E-state index in [4.69, 9.17) is 9.47 Å². The van der Waals surface area contributed by atoms with E-state index in [1.54, 1.807) is 11.0 Å². The van der Waals surface area contributed by atoms with Crippen molar-refractivity contribution in [2.75, 3.05) is 18.1 Å². The van der Waals surface area contributed by atoms with Crippen LogP contribution in [-0.4, -0.2) is 31.1 Å². The van der Waals surface area contributed by atoms with Crippen LogP contribution in [0.25, 0.3) is 0 Å². The first-order valence-corrected chi connectivity index (χ1v) is 10.7. The maximum atomic E-state index is 12.8. The fraction of sp³-hybridized carbons (Fsp3) is 0.417. The van der Waals surface area contributed by atoms with E-state index in [-0.39, 0.29) is 17.9 Å². The topological polar surface area (TPSA) is 67.9 Å². The fourth-order valence-corrected chi connectivity index (χ4v) is 4.18. The van der Waals surface area contributed by atoms with Gasteiger partial charge in [-0.25, -0.2) is 0 Å². The molecule has 0 fully saturated rings. The van der Waals surface area contributed by atoms with Crippen molar-refractivity contribution in [1.82, 2.24) is 5.32 Å². The number of carbonyl (C=O) groups excluding carboxylic acids is 2. The molecule has 158 valence electrons. The van der Waals surface area contributed by atoms with Gasteiger partial charge in [-0.15, -0.1) is 0 Å². The molecule has 0 aliphatic carbocycles. The summed E-state index contributed by atoms with van der Waals surface area (Å²) in [7, 11) is 0. The lowest BCUT2D eigenvalue weighted by Gasteiger charge is -2.16. The molecule has 6 nitrogen and oxygen atoms in total. The van der Waals surface area contributed by atoms with Crippen molar-refractivity contribution in [2.24, 2.45) is 0 Å². The summed E-state index contributed by atoms with van der Waals surface area (Å²) in [4.78, 5) is 26.6. The lowest BCUT2D eigenvalue weighted by Crippen LogP contribution is -2.27. The minimum atomic E-state index is -0.143. The van der Waals surface area contributed by atoms with Crippen LogP contribution in [0.2, 0.25) is 0 Å². The molecule has 0 saturated carbocycles. The summed E-state index contributed by atoms with van der Waals surface area (Å²) in [6.45, 7) is 7.46. The zero-order chi connectivity index (χ0) is 21.3. The van der Waals surface area contributed by atoms with Gasteiger partial charge in [-0.2, -0.15) is 0 Å². The van der Waals surface area contributed by atoms with Crippen LogP contribution in [0.5, 0.6) is 11.5 Å². The van der Waals surface area contributed by atoms with Crippen LogP contribution in [0.4, 0.5) is 5.69 Å². The average molecular weight is 408 g/mol. The van der Waals surface area contributed by atoms with Crippen molar-refractivity contribution in [3.8, 4) is 11.5 Å². The smallest absolute Gasteiger partial charge is 0.251 e. The number of hydrogen-bond donors (Lipinski definition) is 1. The normalized spacial score (nSPS) is 16.6. The SMILES string of the molecule is CCOc1cc2c(cc1CNC(=O)c1ccc3c(c1)CCN3C(=O)CC)OC(C)C2. The predicted octanol–water partition coefficient (Wildman–Crippen LogP) is 3.64. The first-order valence-electron chi connectivity index (χ1n) is 10.7. The standard InChI is InChI=1S/C24H28N2O4/c1-4-23(27)26-9-8-16-11-17(6-7-20(16)26)24(28)25-14-19-13-22-18(10-15(3)30-22)12-21(19)29-5-2/h6-7,11-13,15H,4-5,8-10,14H2,1-3H3,(H,25,28). The summed E-state index contributed by atoms with van der Waals surface area (Å²) >= 11 is 0. The van der Waals surface area contributed by atoms with Gasteiger partial charge < -0.3 is 19.7 Å². The number of hydrogen-bond acceptors (Lipinski definition) is 4. The number of rotatable bonds is 6. The van der Waals surface area contributed by atoms with Gasteiger partial charge in [0, 0.05) is 48.3 Å². The third kappa shape index (κ3) is 3.86. The molecule has 0 spiro atoms. The Morgan fingerprint density at radius 2 is 2.03 bits per heavy atom. The maximum absolute atomic E-state index is 12.8. The minimum Gasteiger partial charge on any atom is -0.494 e. The highest BCUT2D eigenvalue weighted by molar-refractivity contribution is 5.98. The molecule has 6 heteroatoms. The Kier molecular flexibility index (Phi) is 5.66. The first kappa shape index (κ1) is 20.3. The number of ether oxygens (including phenoxy) is 2. The van der Waals surface area contributed by atoms with Crippen LogP contribution >= 0.6 is 0 Å². The molecule has 1 N–H and O–H groups in total. The Hall–Kier alpha value is -3.02. The van der Waals surface area contributed by atoms with Gasteiger partial charge in [0.15, 0.2) is 0 Å². The number of nitrogens with zero attached hydrogens (tertiary/aromatic N) is 1. The lowest BCUT2D eigenvalue weighted by molar-refractivity contribution is -0.118. The molecular formula is C24H28N2O4. The van der Waals surface area contributed by atoms with Gasteiger partial charge >= 0.3 is 0 Å². The molecule has 0 saturated heterocycles. The summed E-state index contributed by atoms with van der Waals surface area (Å²) in [6.07, 6.45) is 2.28. The summed E-state index contributed by atoms with van der Waals surface area (Å²) in [6, 6.07) is 9.55. The molecule has 2 amide bonds. The fourth-order valence-electron chi connectivity index (χ4n) is 4.18. The van der Waals surface area contributed by atoms with Crippen molar-refractivity contribution in [3.63, 3.8) is 0 Å². The predicted molar refractivity (Wildman–Crippen MR) is 115 cm³/mol. The highest BCUT2D eigenvalue weighted by Gasteiger charge is 2.25. The molecule has 2 aromatic rings. The first-order chi connectivity index (χ1) is 14.5. The molecule has 4 rings (SSSR count). The second-order valence-electron chi connectivity index (χ2n) is 7.81. The Morgan fingerprint density at radius 3 is 2.80 bits per heavy atom. The van der Waals surface area contributed by atoms with E-state index < -0.39 is 0 Å². The Morgan fingerprint density at radius 1 is 1.20 bits per heavy atom. The van der Waals surface area contributed by atoms with E-state index >= 15 is 0 Å². The Balaban J connectivity index is 1.48. The van der Waals surface area contributed by atoms with E-state index in [0.717, 1.165) is 46.7 Å². The number of amides is 2. The molecule has 0 aromatic heterocycles. The molecule has 1 unspecified atom stereocenters. The van der Waals surface area contributed by atoms with Crippen molar-refractivity contribution in [3.05, 3.63) is 52.6 Å². The minimum absolute atomic E-state index is 0.113. The third-order valence-electron chi connectivity index (χ3n) is 5.66. The number of benzene rings is 2. The molecule has 2 aliphatic rings. The molecule has 2 aromatic carbocycles. The van der Waals surface area contributed by atoms with Crippen LogP contribution in [0.3, 0.4) is 0 Å². The quantitative estimate of drug-likeness (QED) is 0.793. The van der Waals surface area contributed by atoms with Crippen molar-refractivity contribution < 1.29 is 19.1 Å². The van der Waals surface area contributed by atoms with Gasteiger partial charge in [-0.05, 0) is 56.2 Å². The zero-order valence-corrected chi connectivity index (χ0v) is 17.8. The summed E-state index contributed by atoms with van der Waals surface area (Å²) in [5, 5.41) is 3.00. The van der Waals surface area contributed by atoms with E-state index in [1.165, 1.54) is 0 Å². The van der Waals surface area contributed by atoms with Crippen molar-refractivity contribution >= 4 is 17.5 Å². The number of anilines is 1. The second kappa shape index (κ2) is 8.38. The monoisotopic (exact) mass is 408 g/mol. The highest BCUT2D eigenvalue weighted by atomic mass is 16.5. The van der Waals surface area contributed by atoms with Crippen LogP contribution < -0.4 is 19.7 Å². The zero-order valence-electron chi connectivity index (χ0n) is 17.8. The van der Waals surface area contributed by atoms with Gasteiger partial charge in [-0.3, -0.25) is 9.59 Å². The number of carbonyl (C=O) groups is 2. The maximum Gasteiger partial charge on any atom is 0.251 e. The highest BCUT2D eigenvalue weighted by Crippen LogP contribution is 2.35. The summed E-state index contributed by atoms with van der Waals surface area (Å²) < 4.78 is 11.7. The van der Waals surface area contributed by atoms with E-state index in [9.17, 15) is 9.59 Å². The van der Waals surface area contributed by atoms with Gasteiger partial charge in [0.05, 0.1) is 6.61 Å². The molecule has 0 bridgehead atoms. The molecule has 2 heterocycles. The third-order valence-corrected chi connectivity index (χ3v) is 5.66. The van der Waals surface area contributed by atoms with E-state index in [1.807, 2.05) is 45.0 Å². The van der Waals surface area contributed by atoms with Gasteiger partial charge in [-0.1, -0.05) is 6.92 Å². The van der Waals surface area contributed by atoms with Crippen LogP contribution in [0.15, 0.2) is 30.3 Å². The van der Waals surface area contributed by atoms with E-state index in [2.05, 4.69) is 5.32 Å². The molecular weight excluding hydrogens is 380 g/mol. The van der Waals surface area contributed by atoms with E-state index in [0.29, 0.717) is 31.7 Å². The second-order valence-corrected chi connectivity index (χ2v) is 7.81. The molecule has 0 radical (unpaired) electrons. The van der Waals surface area contributed by atoms with Gasteiger partial charge in [0.25, 0.3) is 5.91 Å². The number of fused-ring (bicyclic) bond motifs is 2. The summed E-state index contributed by atoms with van der Waals surface area (Å²) in [5.74, 6) is 1.63.